The Morgan fingerprint density at radius 3 is 1.82 bits per heavy atom. The van der Waals surface area contributed by atoms with Crippen molar-refractivity contribution in [3.8, 4) is 0 Å². The summed E-state index contributed by atoms with van der Waals surface area (Å²) >= 11 is 0. The van der Waals surface area contributed by atoms with Gasteiger partial charge in [0.05, 0.1) is 0 Å². The fraction of sp³-hybridized carbons (Fsp3) is 1.00. The molecule has 0 amide bonds. The van der Waals surface area contributed by atoms with Gasteiger partial charge in [0.2, 0.25) is 0 Å². The standard InChI is InChI=1S/C13H28O3Si/c1-5-12-10-9-11-13(12)17(14-6-2,15-7-3)16-8-4/h12-13H,5-11H2,1-4H3. The van der Waals surface area contributed by atoms with Crippen molar-refractivity contribution in [2.75, 3.05) is 19.8 Å². The molecule has 0 aromatic heterocycles. The van der Waals surface area contributed by atoms with E-state index in [-0.39, 0.29) is 0 Å². The molecule has 1 saturated carbocycles. The Hall–Kier alpha value is 0.0969. The zero-order chi connectivity index (χ0) is 12.7. The molecule has 2 unspecified atom stereocenters. The van der Waals surface area contributed by atoms with Crippen LogP contribution in [0.4, 0.5) is 0 Å². The molecule has 0 aromatic carbocycles. The molecule has 1 rings (SSSR count). The zero-order valence-corrected chi connectivity index (χ0v) is 12.8. The van der Waals surface area contributed by atoms with Gasteiger partial charge in [0.15, 0.2) is 0 Å². The lowest BCUT2D eigenvalue weighted by atomic mass is 10.1. The van der Waals surface area contributed by atoms with Gasteiger partial charge in [0, 0.05) is 25.4 Å². The molecule has 1 aliphatic carbocycles. The second-order valence-corrected chi connectivity index (χ2v) is 7.42. The minimum Gasteiger partial charge on any atom is -0.374 e. The molecular formula is C13H28O3Si. The zero-order valence-electron chi connectivity index (χ0n) is 11.8. The first kappa shape index (κ1) is 15.2. The fourth-order valence-electron chi connectivity index (χ4n) is 3.04. The van der Waals surface area contributed by atoms with E-state index in [1.54, 1.807) is 0 Å². The van der Waals surface area contributed by atoms with Crippen molar-refractivity contribution in [3.63, 3.8) is 0 Å². The molecule has 3 nitrogen and oxygen atoms in total. The van der Waals surface area contributed by atoms with Crippen LogP contribution in [0.1, 0.15) is 53.4 Å². The normalized spacial score (nSPS) is 25.4. The molecule has 102 valence electrons. The van der Waals surface area contributed by atoms with Crippen LogP contribution in [-0.4, -0.2) is 28.6 Å². The molecule has 0 bridgehead atoms. The molecule has 0 spiro atoms. The average molecular weight is 260 g/mol. The predicted molar refractivity (Wildman–Crippen MR) is 72.0 cm³/mol. The smallest absolute Gasteiger partial charge is 0.374 e. The minimum atomic E-state index is -2.45. The summed E-state index contributed by atoms with van der Waals surface area (Å²) in [5, 5.41) is 0. The van der Waals surface area contributed by atoms with Crippen molar-refractivity contribution in [2.45, 2.75) is 58.9 Å². The molecule has 0 aliphatic heterocycles. The Balaban J connectivity index is 2.84. The van der Waals surface area contributed by atoms with Gasteiger partial charge < -0.3 is 13.3 Å². The maximum atomic E-state index is 6.02. The molecule has 0 radical (unpaired) electrons. The van der Waals surface area contributed by atoms with Crippen LogP contribution in [0.3, 0.4) is 0 Å². The van der Waals surface area contributed by atoms with Crippen LogP contribution >= 0.6 is 0 Å². The molecule has 17 heavy (non-hydrogen) atoms. The van der Waals surface area contributed by atoms with Crippen LogP contribution in [0.5, 0.6) is 0 Å². The Kier molecular flexibility index (Phi) is 6.70. The van der Waals surface area contributed by atoms with E-state index >= 15 is 0 Å². The van der Waals surface area contributed by atoms with Crippen molar-refractivity contribution in [1.29, 1.82) is 0 Å². The van der Waals surface area contributed by atoms with E-state index in [4.69, 9.17) is 13.3 Å². The lowest BCUT2D eigenvalue weighted by molar-refractivity contribution is 0.0560. The van der Waals surface area contributed by atoms with Gasteiger partial charge in [-0.05, 0) is 33.1 Å². The number of hydrogen-bond acceptors (Lipinski definition) is 3. The Morgan fingerprint density at radius 1 is 0.882 bits per heavy atom. The van der Waals surface area contributed by atoms with Gasteiger partial charge in [-0.1, -0.05) is 26.2 Å². The first-order valence-corrected chi connectivity index (χ1v) is 8.96. The molecule has 2 atom stereocenters. The van der Waals surface area contributed by atoms with Gasteiger partial charge in [-0.15, -0.1) is 0 Å². The third kappa shape index (κ3) is 3.53. The maximum Gasteiger partial charge on any atom is 0.504 e. The van der Waals surface area contributed by atoms with E-state index in [2.05, 4.69) is 6.92 Å². The van der Waals surface area contributed by atoms with Crippen molar-refractivity contribution in [2.24, 2.45) is 5.92 Å². The van der Waals surface area contributed by atoms with E-state index in [1.165, 1.54) is 25.7 Å². The molecule has 4 heteroatoms. The molecule has 0 saturated heterocycles. The van der Waals surface area contributed by atoms with E-state index in [1.807, 2.05) is 20.8 Å². The average Bonchev–Trinajstić information content (AvgIpc) is 2.78. The molecular weight excluding hydrogens is 232 g/mol. The van der Waals surface area contributed by atoms with Crippen LogP contribution in [-0.2, 0) is 13.3 Å². The van der Waals surface area contributed by atoms with Gasteiger partial charge in [0.1, 0.15) is 0 Å². The largest absolute Gasteiger partial charge is 0.504 e. The van der Waals surface area contributed by atoms with Crippen LogP contribution < -0.4 is 0 Å². The third-order valence-electron chi connectivity index (χ3n) is 3.67. The first-order valence-electron chi connectivity index (χ1n) is 7.15. The van der Waals surface area contributed by atoms with Crippen LogP contribution in [0.2, 0.25) is 5.54 Å². The van der Waals surface area contributed by atoms with Gasteiger partial charge in [-0.25, -0.2) is 0 Å². The summed E-state index contributed by atoms with van der Waals surface area (Å²) in [6.07, 6.45) is 5.03. The highest BCUT2D eigenvalue weighted by atomic mass is 28.4. The summed E-state index contributed by atoms with van der Waals surface area (Å²) < 4.78 is 18.1. The van der Waals surface area contributed by atoms with E-state index in [9.17, 15) is 0 Å². The maximum absolute atomic E-state index is 6.02. The topological polar surface area (TPSA) is 27.7 Å². The van der Waals surface area contributed by atoms with Gasteiger partial charge >= 0.3 is 8.80 Å². The van der Waals surface area contributed by atoms with Crippen molar-refractivity contribution >= 4 is 8.80 Å². The monoisotopic (exact) mass is 260 g/mol. The molecule has 1 fully saturated rings. The summed E-state index contributed by atoms with van der Waals surface area (Å²) in [7, 11) is -2.45. The minimum absolute atomic E-state index is 0.521. The summed E-state index contributed by atoms with van der Waals surface area (Å²) in [5.41, 5.74) is 0.521. The lowest BCUT2D eigenvalue weighted by Crippen LogP contribution is -2.51. The summed E-state index contributed by atoms with van der Waals surface area (Å²) in [4.78, 5) is 0. The second-order valence-electron chi connectivity index (χ2n) is 4.61. The third-order valence-corrected chi connectivity index (χ3v) is 7.42. The molecule has 0 aromatic rings. The highest BCUT2D eigenvalue weighted by molar-refractivity contribution is 6.62. The summed E-state index contributed by atoms with van der Waals surface area (Å²) in [6, 6.07) is 0. The molecule has 1 aliphatic rings. The Morgan fingerprint density at radius 2 is 1.41 bits per heavy atom. The molecule has 0 heterocycles. The number of rotatable bonds is 8. The van der Waals surface area contributed by atoms with Crippen molar-refractivity contribution in [3.05, 3.63) is 0 Å². The molecule has 0 N–H and O–H groups in total. The second kappa shape index (κ2) is 7.51. The summed E-state index contributed by atoms with van der Waals surface area (Å²) in [5.74, 6) is 0.728. The Labute approximate surface area is 107 Å². The van der Waals surface area contributed by atoms with Crippen LogP contribution in [0.25, 0.3) is 0 Å². The highest BCUT2D eigenvalue weighted by Gasteiger charge is 2.53. The van der Waals surface area contributed by atoms with E-state index in [0.717, 1.165) is 5.92 Å². The van der Waals surface area contributed by atoms with E-state index < -0.39 is 8.80 Å². The van der Waals surface area contributed by atoms with Crippen molar-refractivity contribution in [1.82, 2.24) is 0 Å². The quantitative estimate of drug-likeness (QED) is 0.624. The van der Waals surface area contributed by atoms with Crippen molar-refractivity contribution < 1.29 is 13.3 Å². The van der Waals surface area contributed by atoms with E-state index in [0.29, 0.717) is 25.4 Å². The summed E-state index contributed by atoms with van der Waals surface area (Å²) in [6.45, 7) is 10.5. The fourth-order valence-corrected chi connectivity index (χ4v) is 6.68. The SMILES string of the molecule is CCO[Si](OCC)(OCC)C1CCCC1CC. The number of hydrogen-bond donors (Lipinski definition) is 0. The van der Waals surface area contributed by atoms with Crippen LogP contribution in [0.15, 0.2) is 0 Å². The predicted octanol–water partition coefficient (Wildman–Crippen LogP) is 3.62. The van der Waals surface area contributed by atoms with Crippen LogP contribution in [0, 0.1) is 5.92 Å². The highest BCUT2D eigenvalue weighted by Crippen LogP contribution is 2.46. The first-order chi connectivity index (χ1) is 8.24. The Bertz CT molecular complexity index is 194. The van der Waals surface area contributed by atoms with Gasteiger partial charge in [0.25, 0.3) is 0 Å². The van der Waals surface area contributed by atoms with Gasteiger partial charge in [-0.2, -0.15) is 0 Å². The van der Waals surface area contributed by atoms with Gasteiger partial charge in [-0.3, -0.25) is 0 Å². The lowest BCUT2D eigenvalue weighted by Gasteiger charge is -2.36.